The molecule has 1 fully saturated rings. The average molecular weight is 243 g/mol. The highest BCUT2D eigenvalue weighted by Crippen LogP contribution is 2.38. The Kier molecular flexibility index (Phi) is 2.47. The molecule has 0 N–H and O–H groups in total. The van der Waals surface area contributed by atoms with Crippen LogP contribution in [0.25, 0.3) is 11.0 Å². The molecule has 0 amide bonds. The fraction of sp³-hybridized carbons (Fsp3) is 0.500. The summed E-state index contributed by atoms with van der Waals surface area (Å²) in [6, 6.07) is 0.524. The summed E-state index contributed by atoms with van der Waals surface area (Å²) in [7, 11) is 0. The number of carbonyl (C=O) groups is 1. The van der Waals surface area contributed by atoms with Crippen LogP contribution in [0.15, 0.2) is 6.20 Å². The van der Waals surface area contributed by atoms with Crippen molar-refractivity contribution in [3.05, 3.63) is 23.3 Å². The zero-order valence-corrected chi connectivity index (χ0v) is 11.0. The van der Waals surface area contributed by atoms with Gasteiger partial charge in [-0.15, -0.1) is 0 Å². The summed E-state index contributed by atoms with van der Waals surface area (Å²) in [5, 5.41) is 0.918. The molecule has 1 aliphatic carbocycles. The van der Waals surface area contributed by atoms with Crippen LogP contribution in [0, 0.1) is 6.92 Å². The van der Waals surface area contributed by atoms with Crippen LogP contribution in [0.2, 0.25) is 0 Å². The van der Waals surface area contributed by atoms with Crippen LogP contribution in [-0.4, -0.2) is 20.8 Å². The van der Waals surface area contributed by atoms with Crippen LogP contribution < -0.4 is 0 Å². The minimum atomic E-state index is 0.301. The molecule has 4 heteroatoms. The monoisotopic (exact) mass is 243 g/mol. The summed E-state index contributed by atoms with van der Waals surface area (Å²) in [6.45, 7) is 6.14. The Labute approximate surface area is 106 Å². The van der Waals surface area contributed by atoms with Gasteiger partial charge in [-0.1, -0.05) is 13.8 Å². The first kappa shape index (κ1) is 11.4. The molecule has 2 aromatic rings. The number of aldehydes is 1. The molecule has 0 aliphatic heterocycles. The normalized spacial score (nSPS) is 15.6. The van der Waals surface area contributed by atoms with Crippen LogP contribution >= 0.6 is 0 Å². The second-order valence-electron chi connectivity index (χ2n) is 5.36. The molecule has 2 aromatic heterocycles. The summed E-state index contributed by atoms with van der Waals surface area (Å²) < 4.78 is 2.15. The Morgan fingerprint density at radius 3 is 2.67 bits per heavy atom. The summed E-state index contributed by atoms with van der Waals surface area (Å²) in [4.78, 5) is 20.4. The van der Waals surface area contributed by atoms with E-state index in [2.05, 4.69) is 28.4 Å². The van der Waals surface area contributed by atoms with Crippen molar-refractivity contribution in [1.29, 1.82) is 0 Å². The second kappa shape index (κ2) is 3.90. The van der Waals surface area contributed by atoms with Crippen LogP contribution in [0.1, 0.15) is 60.5 Å². The summed E-state index contributed by atoms with van der Waals surface area (Å²) in [5.74, 6) is 1.16. The van der Waals surface area contributed by atoms with E-state index in [1.807, 2.05) is 13.1 Å². The molecule has 0 spiro atoms. The van der Waals surface area contributed by atoms with Crippen LogP contribution in [0.3, 0.4) is 0 Å². The van der Waals surface area contributed by atoms with Gasteiger partial charge in [0.25, 0.3) is 0 Å². The third-order valence-corrected chi connectivity index (χ3v) is 3.48. The highest BCUT2D eigenvalue weighted by Gasteiger charge is 2.27. The lowest BCUT2D eigenvalue weighted by Gasteiger charge is -2.08. The van der Waals surface area contributed by atoms with Gasteiger partial charge in [0.15, 0.2) is 6.29 Å². The molecule has 0 radical (unpaired) electrons. The molecule has 4 nitrogen and oxygen atoms in total. The summed E-state index contributed by atoms with van der Waals surface area (Å²) in [6.07, 6.45) is 5.21. The number of hydrogen-bond acceptors (Lipinski definition) is 3. The van der Waals surface area contributed by atoms with Crippen LogP contribution in [0.4, 0.5) is 0 Å². The van der Waals surface area contributed by atoms with Crippen LogP contribution in [-0.2, 0) is 0 Å². The smallest absolute Gasteiger partial charge is 0.152 e. The van der Waals surface area contributed by atoms with E-state index in [1.165, 1.54) is 12.8 Å². The molecule has 0 saturated heterocycles. The molecule has 94 valence electrons. The average Bonchev–Trinajstić information content (AvgIpc) is 3.10. The van der Waals surface area contributed by atoms with E-state index in [0.717, 1.165) is 28.8 Å². The van der Waals surface area contributed by atoms with Crippen molar-refractivity contribution >= 4 is 17.3 Å². The highest BCUT2D eigenvalue weighted by atomic mass is 16.1. The zero-order valence-electron chi connectivity index (χ0n) is 11.0. The Balaban J connectivity index is 2.32. The Hall–Kier alpha value is -1.71. The SMILES string of the molecule is Cc1nc(C(C)C)nc2c1c(C=O)cn2C1CC1. The van der Waals surface area contributed by atoms with Gasteiger partial charge in [-0.2, -0.15) is 0 Å². The fourth-order valence-corrected chi connectivity index (χ4v) is 2.36. The second-order valence-corrected chi connectivity index (χ2v) is 5.36. The largest absolute Gasteiger partial charge is 0.329 e. The quantitative estimate of drug-likeness (QED) is 0.778. The molecule has 0 atom stereocenters. The Morgan fingerprint density at radius 1 is 1.39 bits per heavy atom. The molecule has 0 unspecified atom stereocenters. The van der Waals surface area contributed by atoms with Crippen molar-refractivity contribution in [3.8, 4) is 0 Å². The molecule has 0 bridgehead atoms. The Bertz CT molecular complexity index is 623. The van der Waals surface area contributed by atoms with Gasteiger partial charge in [0.1, 0.15) is 11.5 Å². The molecule has 0 aromatic carbocycles. The number of rotatable bonds is 3. The van der Waals surface area contributed by atoms with E-state index in [4.69, 9.17) is 0 Å². The van der Waals surface area contributed by atoms with Crippen molar-refractivity contribution in [2.24, 2.45) is 0 Å². The molecule has 1 aliphatic rings. The number of hydrogen-bond donors (Lipinski definition) is 0. The number of aromatic nitrogens is 3. The number of fused-ring (bicyclic) bond motifs is 1. The topological polar surface area (TPSA) is 47.8 Å². The van der Waals surface area contributed by atoms with Gasteiger partial charge in [0, 0.05) is 23.7 Å². The van der Waals surface area contributed by atoms with Crippen molar-refractivity contribution in [2.75, 3.05) is 0 Å². The first-order valence-corrected chi connectivity index (χ1v) is 6.46. The minimum absolute atomic E-state index is 0.301. The molecule has 2 heterocycles. The molecular formula is C14H17N3O. The predicted octanol–water partition coefficient (Wildman–Crippen LogP) is 3.01. The Morgan fingerprint density at radius 2 is 2.11 bits per heavy atom. The summed E-state index contributed by atoms with van der Waals surface area (Å²) in [5.41, 5.74) is 2.55. The maximum absolute atomic E-state index is 11.2. The zero-order chi connectivity index (χ0) is 12.9. The lowest BCUT2D eigenvalue weighted by Crippen LogP contribution is -2.03. The van der Waals surface area contributed by atoms with Gasteiger partial charge in [-0.3, -0.25) is 4.79 Å². The molecular weight excluding hydrogens is 226 g/mol. The van der Waals surface area contributed by atoms with Crippen molar-refractivity contribution in [2.45, 2.75) is 45.6 Å². The lowest BCUT2D eigenvalue weighted by atomic mass is 10.1. The van der Waals surface area contributed by atoms with E-state index in [1.54, 1.807) is 0 Å². The summed E-state index contributed by atoms with van der Waals surface area (Å²) >= 11 is 0. The number of carbonyl (C=O) groups excluding carboxylic acids is 1. The van der Waals surface area contributed by atoms with E-state index in [0.29, 0.717) is 17.5 Å². The lowest BCUT2D eigenvalue weighted by molar-refractivity contribution is 0.112. The van der Waals surface area contributed by atoms with Gasteiger partial charge in [0.05, 0.1) is 11.1 Å². The third kappa shape index (κ3) is 1.64. The molecule has 18 heavy (non-hydrogen) atoms. The fourth-order valence-electron chi connectivity index (χ4n) is 2.36. The van der Waals surface area contributed by atoms with Gasteiger partial charge in [-0.25, -0.2) is 9.97 Å². The van der Waals surface area contributed by atoms with Gasteiger partial charge in [0.2, 0.25) is 0 Å². The maximum Gasteiger partial charge on any atom is 0.152 e. The predicted molar refractivity (Wildman–Crippen MR) is 70.0 cm³/mol. The standard InChI is InChI=1S/C14H17N3O/c1-8(2)13-15-9(3)12-10(7-18)6-17(11-4-5-11)14(12)16-13/h6-8,11H,4-5H2,1-3H3. The molecule has 1 saturated carbocycles. The van der Waals surface area contributed by atoms with Crippen molar-refractivity contribution in [1.82, 2.24) is 14.5 Å². The first-order valence-electron chi connectivity index (χ1n) is 6.46. The van der Waals surface area contributed by atoms with Gasteiger partial charge in [-0.05, 0) is 19.8 Å². The van der Waals surface area contributed by atoms with Gasteiger partial charge >= 0.3 is 0 Å². The van der Waals surface area contributed by atoms with E-state index >= 15 is 0 Å². The van der Waals surface area contributed by atoms with E-state index < -0.39 is 0 Å². The number of nitrogens with zero attached hydrogens (tertiary/aromatic N) is 3. The maximum atomic E-state index is 11.2. The van der Waals surface area contributed by atoms with Crippen molar-refractivity contribution in [3.63, 3.8) is 0 Å². The molecule has 3 rings (SSSR count). The van der Waals surface area contributed by atoms with E-state index in [9.17, 15) is 4.79 Å². The van der Waals surface area contributed by atoms with Crippen molar-refractivity contribution < 1.29 is 4.79 Å². The van der Waals surface area contributed by atoms with E-state index in [-0.39, 0.29) is 0 Å². The van der Waals surface area contributed by atoms with Gasteiger partial charge < -0.3 is 4.57 Å². The third-order valence-electron chi connectivity index (χ3n) is 3.48. The van der Waals surface area contributed by atoms with Crippen LogP contribution in [0.5, 0.6) is 0 Å². The highest BCUT2D eigenvalue weighted by molar-refractivity contribution is 5.97. The minimum Gasteiger partial charge on any atom is -0.329 e. The first-order chi connectivity index (χ1) is 8.61. The number of aryl methyl sites for hydroxylation is 1.